The fourth-order valence-corrected chi connectivity index (χ4v) is 4.16. The summed E-state index contributed by atoms with van der Waals surface area (Å²) in [6, 6.07) is 12.8. The van der Waals surface area contributed by atoms with Crippen molar-refractivity contribution in [1.82, 2.24) is 10.2 Å². The van der Waals surface area contributed by atoms with E-state index in [1.807, 2.05) is 25.1 Å². The Hall–Kier alpha value is -1.69. The highest BCUT2D eigenvalue weighted by atomic mass is 35.5. The third-order valence-electron chi connectivity index (χ3n) is 4.38. The van der Waals surface area contributed by atoms with Crippen LogP contribution in [0.4, 0.5) is 0 Å². The van der Waals surface area contributed by atoms with Gasteiger partial charge in [-0.1, -0.05) is 59.1 Å². The molecule has 0 unspecified atom stereocenters. The van der Waals surface area contributed by atoms with Crippen molar-refractivity contribution < 1.29 is 9.59 Å². The summed E-state index contributed by atoms with van der Waals surface area (Å²) in [5.41, 5.74) is 2.99. The Morgan fingerprint density at radius 3 is 2.39 bits per heavy atom. The maximum Gasteiger partial charge on any atom is 0.242 e. The Labute approximate surface area is 180 Å². The van der Waals surface area contributed by atoms with Crippen LogP contribution < -0.4 is 5.32 Å². The van der Waals surface area contributed by atoms with Crippen molar-refractivity contribution in [3.05, 3.63) is 69.2 Å². The van der Waals surface area contributed by atoms with Crippen molar-refractivity contribution in [2.45, 2.75) is 32.2 Å². The van der Waals surface area contributed by atoms with Crippen LogP contribution in [-0.4, -0.2) is 35.6 Å². The van der Waals surface area contributed by atoms with Gasteiger partial charge in [-0.25, -0.2) is 0 Å². The number of benzene rings is 2. The first-order valence-corrected chi connectivity index (χ1v) is 10.8. The number of nitrogens with one attached hydrogen (secondary N) is 1. The van der Waals surface area contributed by atoms with E-state index in [9.17, 15) is 9.59 Å². The lowest BCUT2D eigenvalue weighted by atomic mass is 10.1. The quantitative estimate of drug-likeness (QED) is 0.649. The molecule has 0 heterocycles. The molecule has 0 aromatic heterocycles. The Balaban J connectivity index is 2.11. The summed E-state index contributed by atoms with van der Waals surface area (Å²) in [5, 5.41) is 3.55. The van der Waals surface area contributed by atoms with E-state index in [1.165, 1.54) is 22.2 Å². The number of carbonyl (C=O) groups excluding carboxylic acids is 2. The third-order valence-corrected chi connectivity index (χ3v) is 6.08. The first-order chi connectivity index (χ1) is 13.3. The van der Waals surface area contributed by atoms with Crippen molar-refractivity contribution in [3.8, 4) is 0 Å². The SMILES string of the molecule is CNC(=O)[C@@H](C)N(Cc1c(Cl)cccc1Cl)C(=O)CSCc1cccc(C)c1. The van der Waals surface area contributed by atoms with Gasteiger partial charge in [0, 0.05) is 35.0 Å². The van der Waals surface area contributed by atoms with E-state index in [1.54, 1.807) is 32.2 Å². The summed E-state index contributed by atoms with van der Waals surface area (Å²) < 4.78 is 0. The van der Waals surface area contributed by atoms with E-state index >= 15 is 0 Å². The monoisotopic (exact) mass is 438 g/mol. The molecule has 0 saturated carbocycles. The molecule has 1 atom stereocenters. The number of thioether (sulfide) groups is 1. The van der Waals surface area contributed by atoms with Gasteiger partial charge in [-0.3, -0.25) is 9.59 Å². The molecule has 0 radical (unpaired) electrons. The smallest absolute Gasteiger partial charge is 0.242 e. The van der Waals surface area contributed by atoms with Gasteiger partial charge in [0.2, 0.25) is 11.8 Å². The molecule has 0 bridgehead atoms. The molecule has 7 heteroatoms. The number of hydrogen-bond donors (Lipinski definition) is 1. The molecular weight excluding hydrogens is 415 g/mol. The molecule has 0 aliphatic carbocycles. The first-order valence-electron chi connectivity index (χ1n) is 8.90. The zero-order valence-corrected chi connectivity index (χ0v) is 18.5. The number of rotatable bonds is 8. The van der Waals surface area contributed by atoms with Crippen molar-refractivity contribution in [1.29, 1.82) is 0 Å². The molecule has 1 N–H and O–H groups in total. The van der Waals surface area contributed by atoms with Crippen LogP contribution in [0.3, 0.4) is 0 Å². The summed E-state index contributed by atoms with van der Waals surface area (Å²) in [5.74, 6) is 0.616. The van der Waals surface area contributed by atoms with Crippen molar-refractivity contribution in [3.63, 3.8) is 0 Å². The minimum absolute atomic E-state index is 0.135. The van der Waals surface area contributed by atoms with Gasteiger partial charge in [0.15, 0.2) is 0 Å². The second kappa shape index (κ2) is 10.7. The Morgan fingerprint density at radius 1 is 1.14 bits per heavy atom. The van der Waals surface area contributed by atoms with E-state index in [4.69, 9.17) is 23.2 Å². The molecule has 4 nitrogen and oxygen atoms in total. The van der Waals surface area contributed by atoms with Gasteiger partial charge in [-0.2, -0.15) is 0 Å². The molecule has 2 rings (SSSR count). The van der Waals surface area contributed by atoms with Crippen LogP contribution in [0, 0.1) is 6.92 Å². The molecule has 0 fully saturated rings. The highest BCUT2D eigenvalue weighted by Gasteiger charge is 2.26. The number of aryl methyl sites for hydroxylation is 1. The van der Waals surface area contributed by atoms with Gasteiger partial charge in [0.25, 0.3) is 0 Å². The van der Waals surface area contributed by atoms with Crippen LogP contribution in [0.25, 0.3) is 0 Å². The first kappa shape index (κ1) is 22.6. The zero-order chi connectivity index (χ0) is 20.7. The summed E-state index contributed by atoms with van der Waals surface area (Å²) >= 11 is 14.1. The van der Waals surface area contributed by atoms with Crippen LogP contribution in [0.2, 0.25) is 10.0 Å². The maximum absolute atomic E-state index is 12.9. The molecule has 2 aromatic rings. The van der Waals surface area contributed by atoms with E-state index in [-0.39, 0.29) is 24.1 Å². The number of hydrogen-bond acceptors (Lipinski definition) is 3. The largest absolute Gasteiger partial charge is 0.357 e. The van der Waals surface area contributed by atoms with Crippen LogP contribution in [0.5, 0.6) is 0 Å². The Morgan fingerprint density at radius 2 is 1.79 bits per heavy atom. The number of halogens is 2. The lowest BCUT2D eigenvalue weighted by molar-refractivity contribution is -0.138. The molecule has 2 amide bonds. The predicted octanol–water partition coefficient (Wildman–Crippen LogP) is 4.70. The van der Waals surface area contributed by atoms with Crippen LogP contribution in [-0.2, 0) is 21.9 Å². The predicted molar refractivity (Wildman–Crippen MR) is 118 cm³/mol. The van der Waals surface area contributed by atoms with Gasteiger partial charge in [0.05, 0.1) is 5.75 Å². The summed E-state index contributed by atoms with van der Waals surface area (Å²) in [4.78, 5) is 26.6. The van der Waals surface area contributed by atoms with Gasteiger partial charge in [0.1, 0.15) is 6.04 Å². The lowest BCUT2D eigenvalue weighted by Crippen LogP contribution is -2.47. The normalized spacial score (nSPS) is 11.8. The lowest BCUT2D eigenvalue weighted by Gasteiger charge is -2.29. The maximum atomic E-state index is 12.9. The number of likely N-dealkylation sites (N-methyl/N-ethyl adjacent to an activating group) is 1. The Kier molecular flexibility index (Phi) is 8.67. The molecule has 0 aliphatic rings. The molecular formula is C21H24Cl2N2O2S. The minimum Gasteiger partial charge on any atom is -0.357 e. The topological polar surface area (TPSA) is 49.4 Å². The van der Waals surface area contributed by atoms with E-state index < -0.39 is 6.04 Å². The van der Waals surface area contributed by atoms with Gasteiger partial charge < -0.3 is 10.2 Å². The van der Waals surface area contributed by atoms with Crippen molar-refractivity contribution in [2.75, 3.05) is 12.8 Å². The number of nitrogens with zero attached hydrogens (tertiary/aromatic N) is 1. The molecule has 150 valence electrons. The second-order valence-corrected chi connectivity index (χ2v) is 8.29. The molecule has 0 spiro atoms. The minimum atomic E-state index is -0.635. The molecule has 2 aromatic carbocycles. The average molecular weight is 439 g/mol. The molecule has 0 saturated heterocycles. The molecule has 0 aliphatic heterocycles. The summed E-state index contributed by atoms with van der Waals surface area (Å²) in [6.45, 7) is 3.92. The highest BCUT2D eigenvalue weighted by Crippen LogP contribution is 2.27. The molecule has 28 heavy (non-hydrogen) atoms. The van der Waals surface area contributed by atoms with Crippen LogP contribution >= 0.6 is 35.0 Å². The standard InChI is InChI=1S/C21H24Cl2N2O2S/c1-14-6-4-7-16(10-14)12-28-13-20(26)25(15(2)21(27)24-3)11-17-18(22)8-5-9-19(17)23/h4-10,15H,11-13H2,1-3H3,(H,24,27)/t15-/m1/s1. The average Bonchev–Trinajstić information content (AvgIpc) is 2.66. The fourth-order valence-electron chi connectivity index (χ4n) is 2.79. The summed E-state index contributed by atoms with van der Waals surface area (Å²) in [6.07, 6.45) is 0. The zero-order valence-electron chi connectivity index (χ0n) is 16.2. The van der Waals surface area contributed by atoms with Crippen LogP contribution in [0.15, 0.2) is 42.5 Å². The Bertz CT molecular complexity index is 825. The second-order valence-electron chi connectivity index (χ2n) is 6.49. The van der Waals surface area contributed by atoms with E-state index in [0.29, 0.717) is 15.6 Å². The fraction of sp³-hybridized carbons (Fsp3) is 0.333. The number of amides is 2. The number of carbonyl (C=O) groups is 2. The van der Waals surface area contributed by atoms with Gasteiger partial charge in [-0.05, 0) is 31.5 Å². The summed E-state index contributed by atoms with van der Waals surface area (Å²) in [7, 11) is 1.55. The van der Waals surface area contributed by atoms with Gasteiger partial charge in [-0.15, -0.1) is 11.8 Å². The van der Waals surface area contributed by atoms with Crippen molar-refractivity contribution >= 4 is 46.8 Å². The van der Waals surface area contributed by atoms with Crippen LogP contribution in [0.1, 0.15) is 23.6 Å². The van der Waals surface area contributed by atoms with E-state index in [0.717, 1.165) is 11.3 Å². The van der Waals surface area contributed by atoms with Crippen molar-refractivity contribution in [2.24, 2.45) is 0 Å². The third kappa shape index (κ3) is 6.16. The van der Waals surface area contributed by atoms with Gasteiger partial charge >= 0.3 is 0 Å². The highest BCUT2D eigenvalue weighted by molar-refractivity contribution is 7.99. The van der Waals surface area contributed by atoms with E-state index in [2.05, 4.69) is 11.4 Å².